The van der Waals surface area contributed by atoms with Crippen LogP contribution in [0.5, 0.6) is 0 Å². The van der Waals surface area contributed by atoms with Crippen LogP contribution in [0.4, 0.5) is 5.95 Å². The minimum absolute atomic E-state index is 0.0588. The average molecular weight is 236 g/mol. The van der Waals surface area contributed by atoms with Gasteiger partial charge >= 0.3 is 0 Å². The Morgan fingerprint density at radius 2 is 2.12 bits per heavy atom. The van der Waals surface area contributed by atoms with E-state index in [0.29, 0.717) is 5.95 Å². The molecule has 1 aliphatic carbocycles. The molecule has 0 bridgehead atoms. The molecule has 17 heavy (non-hydrogen) atoms. The third-order valence-corrected chi connectivity index (χ3v) is 2.95. The van der Waals surface area contributed by atoms with Crippen molar-refractivity contribution in [3.63, 3.8) is 0 Å². The fourth-order valence-electron chi connectivity index (χ4n) is 1.96. The Morgan fingerprint density at radius 3 is 2.71 bits per heavy atom. The maximum Gasteiger partial charge on any atom is 0.270 e. The van der Waals surface area contributed by atoms with Crippen molar-refractivity contribution in [1.29, 1.82) is 0 Å². The quantitative estimate of drug-likeness (QED) is 0.660. The van der Waals surface area contributed by atoms with Gasteiger partial charge < -0.3 is 16.8 Å². The predicted octanol–water partition coefficient (Wildman–Crippen LogP) is -0.348. The number of rotatable bonds is 3. The highest BCUT2D eigenvalue weighted by Crippen LogP contribution is 2.19. The van der Waals surface area contributed by atoms with Crippen molar-refractivity contribution in [2.45, 2.75) is 37.8 Å². The predicted molar refractivity (Wildman–Crippen MR) is 62.2 cm³/mol. The van der Waals surface area contributed by atoms with E-state index in [0.717, 1.165) is 19.3 Å². The SMILES string of the molecule is NC(=O)c1cnc(N[C@@H]2CCCC[C@@H]2N)nn1. The molecule has 0 aliphatic heterocycles. The summed E-state index contributed by atoms with van der Waals surface area (Å²) in [7, 11) is 0. The van der Waals surface area contributed by atoms with E-state index in [1.165, 1.54) is 12.6 Å². The van der Waals surface area contributed by atoms with Crippen LogP contribution in [0.25, 0.3) is 0 Å². The van der Waals surface area contributed by atoms with Gasteiger partial charge in [0, 0.05) is 12.1 Å². The van der Waals surface area contributed by atoms with Gasteiger partial charge in [-0.15, -0.1) is 10.2 Å². The summed E-state index contributed by atoms with van der Waals surface area (Å²) < 4.78 is 0. The van der Waals surface area contributed by atoms with E-state index in [9.17, 15) is 4.79 Å². The summed E-state index contributed by atoms with van der Waals surface area (Å²) in [4.78, 5) is 14.8. The van der Waals surface area contributed by atoms with Crippen molar-refractivity contribution in [3.8, 4) is 0 Å². The molecule has 1 fully saturated rings. The Bertz CT molecular complexity index is 392. The Hall–Kier alpha value is -1.76. The first-order valence-corrected chi connectivity index (χ1v) is 5.68. The Labute approximate surface area is 99.0 Å². The summed E-state index contributed by atoms with van der Waals surface area (Å²) in [5.41, 5.74) is 11.1. The van der Waals surface area contributed by atoms with Gasteiger partial charge in [0.15, 0.2) is 5.69 Å². The van der Waals surface area contributed by atoms with E-state index in [-0.39, 0.29) is 17.8 Å². The van der Waals surface area contributed by atoms with Gasteiger partial charge in [-0.3, -0.25) is 4.79 Å². The van der Waals surface area contributed by atoms with E-state index < -0.39 is 5.91 Å². The Kier molecular flexibility index (Phi) is 3.48. The zero-order valence-corrected chi connectivity index (χ0v) is 9.47. The minimum atomic E-state index is -0.633. The monoisotopic (exact) mass is 236 g/mol. The van der Waals surface area contributed by atoms with Crippen LogP contribution >= 0.6 is 0 Å². The van der Waals surface area contributed by atoms with Crippen LogP contribution in [0.2, 0.25) is 0 Å². The van der Waals surface area contributed by atoms with E-state index in [2.05, 4.69) is 20.5 Å². The maximum atomic E-state index is 10.8. The molecule has 1 heterocycles. The van der Waals surface area contributed by atoms with E-state index in [1.807, 2.05) is 0 Å². The van der Waals surface area contributed by atoms with E-state index >= 15 is 0 Å². The van der Waals surface area contributed by atoms with Crippen LogP contribution in [0.3, 0.4) is 0 Å². The molecule has 0 saturated heterocycles. The number of carbonyl (C=O) groups excluding carboxylic acids is 1. The van der Waals surface area contributed by atoms with E-state index in [1.54, 1.807) is 0 Å². The number of primary amides is 1. The van der Waals surface area contributed by atoms with Gasteiger partial charge in [0.05, 0.1) is 6.20 Å². The number of amides is 1. The molecular formula is C10H16N6O. The number of hydrogen-bond donors (Lipinski definition) is 3. The molecule has 92 valence electrons. The first-order valence-electron chi connectivity index (χ1n) is 5.68. The van der Waals surface area contributed by atoms with Crippen molar-refractivity contribution in [2.75, 3.05) is 5.32 Å². The Morgan fingerprint density at radius 1 is 1.35 bits per heavy atom. The number of nitrogens with two attached hydrogens (primary N) is 2. The van der Waals surface area contributed by atoms with Crippen molar-refractivity contribution in [3.05, 3.63) is 11.9 Å². The van der Waals surface area contributed by atoms with Crippen LogP contribution in [0.15, 0.2) is 6.20 Å². The lowest BCUT2D eigenvalue weighted by atomic mass is 9.91. The van der Waals surface area contributed by atoms with E-state index in [4.69, 9.17) is 11.5 Å². The first kappa shape index (κ1) is 11.7. The maximum absolute atomic E-state index is 10.8. The van der Waals surface area contributed by atoms with Crippen molar-refractivity contribution in [2.24, 2.45) is 11.5 Å². The van der Waals surface area contributed by atoms with Crippen LogP contribution < -0.4 is 16.8 Å². The van der Waals surface area contributed by atoms with Crippen molar-refractivity contribution < 1.29 is 4.79 Å². The van der Waals surface area contributed by atoms with Gasteiger partial charge in [-0.1, -0.05) is 12.8 Å². The highest BCUT2D eigenvalue weighted by molar-refractivity contribution is 5.90. The highest BCUT2D eigenvalue weighted by Gasteiger charge is 2.22. The summed E-state index contributed by atoms with van der Waals surface area (Å²) in [6.07, 6.45) is 5.63. The first-order chi connectivity index (χ1) is 8.16. The summed E-state index contributed by atoms with van der Waals surface area (Å²) in [5.74, 6) is -0.247. The lowest BCUT2D eigenvalue weighted by molar-refractivity contribution is 0.0994. The minimum Gasteiger partial charge on any atom is -0.364 e. The number of carbonyl (C=O) groups is 1. The molecule has 1 aliphatic rings. The summed E-state index contributed by atoms with van der Waals surface area (Å²) >= 11 is 0. The van der Waals surface area contributed by atoms with Gasteiger partial charge in [-0.25, -0.2) is 4.98 Å². The van der Waals surface area contributed by atoms with Gasteiger partial charge in [0.1, 0.15) is 0 Å². The number of nitrogens with zero attached hydrogens (tertiary/aromatic N) is 3. The van der Waals surface area contributed by atoms with Gasteiger partial charge in [-0.2, -0.15) is 0 Å². The average Bonchev–Trinajstić information content (AvgIpc) is 2.33. The molecule has 1 aromatic heterocycles. The second-order valence-corrected chi connectivity index (χ2v) is 4.23. The van der Waals surface area contributed by atoms with Crippen LogP contribution in [0, 0.1) is 0 Å². The van der Waals surface area contributed by atoms with Gasteiger partial charge in [0.2, 0.25) is 5.95 Å². The molecule has 1 amide bonds. The number of hydrogen-bond acceptors (Lipinski definition) is 6. The third-order valence-electron chi connectivity index (χ3n) is 2.95. The molecule has 2 rings (SSSR count). The molecular weight excluding hydrogens is 220 g/mol. The number of anilines is 1. The molecule has 7 nitrogen and oxygen atoms in total. The standard InChI is InChI=1S/C10H16N6O/c11-6-3-1-2-4-7(6)14-10-13-5-8(9(12)17)15-16-10/h5-7H,1-4,11H2,(H2,12,17)(H,13,14,16)/t6-,7+/m0/s1. The summed E-state index contributed by atoms with van der Waals surface area (Å²) in [6.45, 7) is 0. The molecule has 0 radical (unpaired) electrons. The smallest absolute Gasteiger partial charge is 0.270 e. The summed E-state index contributed by atoms with van der Waals surface area (Å²) in [6, 6.07) is 0.285. The second-order valence-electron chi connectivity index (χ2n) is 4.23. The molecule has 5 N–H and O–H groups in total. The number of aromatic nitrogens is 3. The summed E-state index contributed by atoms with van der Waals surface area (Å²) in [5, 5.41) is 10.6. The molecule has 0 spiro atoms. The second kappa shape index (κ2) is 5.05. The fraction of sp³-hybridized carbons (Fsp3) is 0.600. The molecule has 2 atom stereocenters. The molecule has 7 heteroatoms. The zero-order chi connectivity index (χ0) is 12.3. The normalized spacial score (nSPS) is 24.3. The van der Waals surface area contributed by atoms with Crippen LogP contribution in [-0.2, 0) is 0 Å². The Balaban J connectivity index is 2.00. The highest BCUT2D eigenvalue weighted by atomic mass is 16.1. The van der Waals surface area contributed by atoms with Crippen LogP contribution in [-0.4, -0.2) is 33.2 Å². The fourth-order valence-corrected chi connectivity index (χ4v) is 1.96. The topological polar surface area (TPSA) is 120 Å². The van der Waals surface area contributed by atoms with Gasteiger partial charge in [0.25, 0.3) is 5.91 Å². The number of nitrogens with one attached hydrogen (secondary N) is 1. The van der Waals surface area contributed by atoms with Gasteiger partial charge in [-0.05, 0) is 12.8 Å². The van der Waals surface area contributed by atoms with Crippen molar-refractivity contribution >= 4 is 11.9 Å². The van der Waals surface area contributed by atoms with Crippen molar-refractivity contribution in [1.82, 2.24) is 15.2 Å². The lowest BCUT2D eigenvalue weighted by Crippen LogP contribution is -2.43. The molecule has 0 aromatic carbocycles. The zero-order valence-electron chi connectivity index (χ0n) is 9.47. The molecule has 1 saturated carbocycles. The largest absolute Gasteiger partial charge is 0.364 e. The van der Waals surface area contributed by atoms with Crippen LogP contribution in [0.1, 0.15) is 36.2 Å². The molecule has 1 aromatic rings. The lowest BCUT2D eigenvalue weighted by Gasteiger charge is -2.28. The third kappa shape index (κ3) is 2.88. The molecule has 0 unspecified atom stereocenters.